The second-order valence-corrected chi connectivity index (χ2v) is 8.46. The van der Waals surface area contributed by atoms with Crippen molar-refractivity contribution >= 4 is 0 Å². The van der Waals surface area contributed by atoms with Gasteiger partial charge in [0.15, 0.2) is 0 Å². The molecule has 0 bridgehead atoms. The maximum Gasteiger partial charge on any atom is 0.126 e. The zero-order valence-electron chi connectivity index (χ0n) is 18.6. The Balaban J connectivity index is 1.92. The summed E-state index contributed by atoms with van der Waals surface area (Å²) in [4.78, 5) is 0. The second-order valence-electron chi connectivity index (χ2n) is 8.46. The van der Waals surface area contributed by atoms with Crippen molar-refractivity contribution in [2.24, 2.45) is 0 Å². The molecule has 1 atom stereocenters. The van der Waals surface area contributed by atoms with Crippen molar-refractivity contribution in [3.8, 4) is 23.0 Å². The summed E-state index contributed by atoms with van der Waals surface area (Å²) in [6.45, 7) is 8.66. The number of allylic oxidation sites excluding steroid dienone is 4. The van der Waals surface area contributed by atoms with E-state index < -0.39 is 0 Å². The molecule has 1 aliphatic rings. The van der Waals surface area contributed by atoms with Crippen LogP contribution in [0.25, 0.3) is 0 Å². The molecule has 0 saturated carbocycles. The van der Waals surface area contributed by atoms with Gasteiger partial charge in [0.1, 0.15) is 23.0 Å². The van der Waals surface area contributed by atoms with Crippen LogP contribution in [0.4, 0.5) is 0 Å². The normalized spacial score (nSPS) is 15.0. The maximum atomic E-state index is 10.9. The summed E-state index contributed by atoms with van der Waals surface area (Å²) in [7, 11) is 1.68. The van der Waals surface area contributed by atoms with Crippen LogP contribution in [0.3, 0.4) is 0 Å². The van der Waals surface area contributed by atoms with Gasteiger partial charge >= 0.3 is 0 Å². The summed E-state index contributed by atoms with van der Waals surface area (Å²) in [5, 5.41) is 21.1. The molecule has 160 valence electrons. The monoisotopic (exact) mass is 408 g/mol. The third kappa shape index (κ3) is 4.81. The van der Waals surface area contributed by atoms with Gasteiger partial charge in [0.05, 0.1) is 13.7 Å². The zero-order valence-corrected chi connectivity index (χ0v) is 18.6. The molecule has 0 saturated heterocycles. The van der Waals surface area contributed by atoms with Crippen LogP contribution in [0, 0.1) is 0 Å². The van der Waals surface area contributed by atoms with Crippen LogP contribution in [0.1, 0.15) is 55.9 Å². The minimum absolute atomic E-state index is 0.0215. The van der Waals surface area contributed by atoms with Crippen molar-refractivity contribution in [2.45, 2.75) is 52.9 Å². The van der Waals surface area contributed by atoms with Gasteiger partial charge in [0, 0.05) is 23.1 Å². The number of rotatable bonds is 6. The van der Waals surface area contributed by atoms with Crippen molar-refractivity contribution in [3.05, 3.63) is 69.8 Å². The molecule has 2 aromatic carbocycles. The molecular weight excluding hydrogens is 376 g/mol. The van der Waals surface area contributed by atoms with E-state index in [1.54, 1.807) is 13.2 Å². The van der Waals surface area contributed by atoms with Crippen LogP contribution >= 0.6 is 0 Å². The number of ether oxygens (including phenoxy) is 2. The molecule has 0 fully saturated rings. The highest BCUT2D eigenvalue weighted by molar-refractivity contribution is 5.54. The van der Waals surface area contributed by atoms with Gasteiger partial charge in [-0.1, -0.05) is 29.4 Å². The van der Waals surface area contributed by atoms with Crippen molar-refractivity contribution in [1.29, 1.82) is 0 Å². The van der Waals surface area contributed by atoms with Crippen molar-refractivity contribution in [2.75, 3.05) is 13.7 Å². The summed E-state index contributed by atoms with van der Waals surface area (Å²) < 4.78 is 11.6. The number of methoxy groups -OCH3 is 1. The molecule has 1 aliphatic heterocycles. The van der Waals surface area contributed by atoms with E-state index in [2.05, 4.69) is 26.0 Å². The fourth-order valence-electron chi connectivity index (χ4n) is 3.81. The van der Waals surface area contributed by atoms with Crippen LogP contribution in [-0.4, -0.2) is 23.9 Å². The third-order valence-electron chi connectivity index (χ3n) is 5.54. The van der Waals surface area contributed by atoms with Gasteiger partial charge in [-0.15, -0.1) is 0 Å². The van der Waals surface area contributed by atoms with E-state index in [0.717, 1.165) is 46.6 Å². The van der Waals surface area contributed by atoms with Crippen molar-refractivity contribution < 1.29 is 19.7 Å². The molecule has 3 rings (SSSR count). The zero-order chi connectivity index (χ0) is 21.8. The molecule has 0 radical (unpaired) electrons. The molecule has 4 nitrogen and oxygen atoms in total. The summed E-state index contributed by atoms with van der Waals surface area (Å²) in [5.41, 5.74) is 6.04. The quantitative estimate of drug-likeness (QED) is 0.589. The van der Waals surface area contributed by atoms with Crippen molar-refractivity contribution in [1.82, 2.24) is 0 Å². The topological polar surface area (TPSA) is 58.9 Å². The Morgan fingerprint density at radius 2 is 1.77 bits per heavy atom. The van der Waals surface area contributed by atoms with E-state index in [1.165, 1.54) is 5.57 Å². The minimum Gasteiger partial charge on any atom is -0.508 e. The van der Waals surface area contributed by atoms with E-state index in [9.17, 15) is 10.2 Å². The largest absolute Gasteiger partial charge is 0.508 e. The summed E-state index contributed by atoms with van der Waals surface area (Å²) >= 11 is 0. The molecular formula is C26H32O4. The standard InChI is InChI=1S/C26H32O4/c1-16(2)6-8-18-12-19-13-20(15-30-25(19)14-24(18)29-5)21-10-11-23(27)22(26(21)28)9-7-17(3)4/h6-7,10-12,14,20,27-28H,8-9,13,15H2,1-5H3. The Morgan fingerprint density at radius 3 is 2.43 bits per heavy atom. The predicted octanol–water partition coefficient (Wildman–Crippen LogP) is 5.84. The minimum atomic E-state index is 0.0215. The van der Waals surface area contributed by atoms with Crippen LogP contribution in [0.5, 0.6) is 23.0 Å². The number of benzene rings is 2. The van der Waals surface area contributed by atoms with E-state index in [-0.39, 0.29) is 17.4 Å². The highest BCUT2D eigenvalue weighted by atomic mass is 16.5. The lowest BCUT2D eigenvalue weighted by atomic mass is 9.87. The van der Waals surface area contributed by atoms with E-state index in [4.69, 9.17) is 9.47 Å². The van der Waals surface area contributed by atoms with Crippen LogP contribution < -0.4 is 9.47 Å². The molecule has 4 heteroatoms. The Hall–Kier alpha value is -2.88. The molecule has 1 unspecified atom stereocenters. The molecule has 0 aliphatic carbocycles. The first-order valence-corrected chi connectivity index (χ1v) is 10.4. The van der Waals surface area contributed by atoms with E-state index in [1.807, 2.05) is 32.1 Å². The Labute approximate surface area is 179 Å². The van der Waals surface area contributed by atoms with Gasteiger partial charge in [0.25, 0.3) is 0 Å². The number of hydrogen-bond acceptors (Lipinski definition) is 4. The fourth-order valence-corrected chi connectivity index (χ4v) is 3.81. The average molecular weight is 409 g/mol. The lowest BCUT2D eigenvalue weighted by molar-refractivity contribution is 0.257. The van der Waals surface area contributed by atoms with E-state index >= 15 is 0 Å². The molecule has 30 heavy (non-hydrogen) atoms. The van der Waals surface area contributed by atoms with Crippen LogP contribution in [-0.2, 0) is 19.3 Å². The molecule has 0 amide bonds. The van der Waals surface area contributed by atoms with E-state index in [0.29, 0.717) is 18.6 Å². The third-order valence-corrected chi connectivity index (χ3v) is 5.54. The maximum absolute atomic E-state index is 10.9. The first-order valence-electron chi connectivity index (χ1n) is 10.4. The highest BCUT2D eigenvalue weighted by Gasteiger charge is 2.26. The highest BCUT2D eigenvalue weighted by Crippen LogP contribution is 2.42. The van der Waals surface area contributed by atoms with Crippen LogP contribution in [0.2, 0.25) is 0 Å². The fraction of sp³-hybridized carbons (Fsp3) is 0.385. The predicted molar refractivity (Wildman–Crippen MR) is 121 cm³/mol. The molecule has 1 heterocycles. The smallest absolute Gasteiger partial charge is 0.126 e. The average Bonchev–Trinajstić information content (AvgIpc) is 2.70. The van der Waals surface area contributed by atoms with Gasteiger partial charge in [-0.3, -0.25) is 0 Å². The second kappa shape index (κ2) is 9.29. The van der Waals surface area contributed by atoms with Crippen molar-refractivity contribution in [3.63, 3.8) is 0 Å². The summed E-state index contributed by atoms with van der Waals surface area (Å²) in [5.74, 6) is 1.99. The lowest BCUT2D eigenvalue weighted by Gasteiger charge is -2.28. The molecule has 2 aromatic rings. The van der Waals surface area contributed by atoms with Crippen LogP contribution in [0.15, 0.2) is 47.6 Å². The lowest BCUT2D eigenvalue weighted by Crippen LogP contribution is -2.20. The SMILES string of the molecule is COc1cc2c(cc1CC=C(C)C)CC(c1ccc(O)c(CC=C(C)C)c1O)CO2. The Kier molecular flexibility index (Phi) is 6.76. The van der Waals surface area contributed by atoms with Gasteiger partial charge in [-0.05, 0) is 70.2 Å². The van der Waals surface area contributed by atoms with Gasteiger partial charge in [-0.2, -0.15) is 0 Å². The van der Waals surface area contributed by atoms with Gasteiger partial charge in [-0.25, -0.2) is 0 Å². The molecule has 2 N–H and O–H groups in total. The Bertz CT molecular complexity index is 977. The summed E-state index contributed by atoms with van der Waals surface area (Å²) in [6, 6.07) is 7.61. The van der Waals surface area contributed by atoms with Gasteiger partial charge in [0.2, 0.25) is 0 Å². The molecule has 0 aromatic heterocycles. The van der Waals surface area contributed by atoms with Gasteiger partial charge < -0.3 is 19.7 Å². The first-order chi connectivity index (χ1) is 14.3. The number of phenols is 2. The Morgan fingerprint density at radius 1 is 1.07 bits per heavy atom. The number of phenolic OH excluding ortho intramolecular Hbond substituents is 2. The number of hydrogen-bond donors (Lipinski definition) is 2. The molecule has 0 spiro atoms. The summed E-state index contributed by atoms with van der Waals surface area (Å²) in [6.07, 6.45) is 6.27. The first kappa shape index (κ1) is 21.8. The number of aromatic hydroxyl groups is 2. The number of fused-ring (bicyclic) bond motifs is 1.